The highest BCUT2D eigenvalue weighted by Crippen LogP contribution is 2.24. The Bertz CT molecular complexity index is 474. The number of para-hydroxylation sites is 1. The Labute approximate surface area is 112 Å². The fraction of sp³-hybridized carbons (Fsp3) is 0.143. The molecular weight excluding hydrogens is 250 g/mol. The van der Waals surface area contributed by atoms with Gasteiger partial charge < -0.3 is 15.6 Å². The summed E-state index contributed by atoms with van der Waals surface area (Å²) in [4.78, 5) is 0. The minimum absolute atomic E-state index is 0.322. The highest BCUT2D eigenvalue weighted by atomic mass is 35.5. The second kappa shape index (κ2) is 7.45. The van der Waals surface area contributed by atoms with Gasteiger partial charge in [0.25, 0.3) is 0 Å². The lowest BCUT2D eigenvalue weighted by Gasteiger charge is -2.05. The molecule has 96 valence electrons. The zero-order valence-electron chi connectivity index (χ0n) is 10.1. The topological polar surface area (TPSA) is 55.5 Å². The number of hydrogen-bond donors (Lipinski definition) is 2. The molecule has 3 nitrogen and oxygen atoms in total. The van der Waals surface area contributed by atoms with Crippen molar-refractivity contribution in [3.63, 3.8) is 0 Å². The molecule has 3 N–H and O–H groups in total. The van der Waals surface area contributed by atoms with Gasteiger partial charge in [-0.2, -0.15) is 0 Å². The normalized spacial score (nSPS) is 9.22. The van der Waals surface area contributed by atoms with Crippen LogP contribution in [0.4, 0.5) is 5.69 Å². The first-order valence-corrected chi connectivity index (χ1v) is 5.93. The van der Waals surface area contributed by atoms with Crippen molar-refractivity contribution in [1.29, 1.82) is 0 Å². The van der Waals surface area contributed by atoms with Crippen LogP contribution in [0, 0.1) is 0 Å². The third-order valence-electron chi connectivity index (χ3n) is 2.03. The van der Waals surface area contributed by atoms with E-state index in [0.717, 1.165) is 0 Å². The fourth-order valence-corrected chi connectivity index (χ4v) is 1.41. The van der Waals surface area contributed by atoms with E-state index in [-0.39, 0.29) is 0 Å². The summed E-state index contributed by atoms with van der Waals surface area (Å²) in [5, 5.41) is 9.26. The minimum Gasteiger partial charge on any atom is -0.508 e. The van der Waals surface area contributed by atoms with E-state index >= 15 is 0 Å². The van der Waals surface area contributed by atoms with Crippen molar-refractivity contribution >= 4 is 17.3 Å². The number of aromatic hydroxyl groups is 1. The van der Waals surface area contributed by atoms with Gasteiger partial charge in [-0.3, -0.25) is 0 Å². The average Bonchev–Trinajstić information content (AvgIpc) is 2.35. The number of benzene rings is 2. The summed E-state index contributed by atoms with van der Waals surface area (Å²) >= 11 is 5.68. The molecule has 0 aliphatic carbocycles. The van der Waals surface area contributed by atoms with Gasteiger partial charge in [0.2, 0.25) is 0 Å². The van der Waals surface area contributed by atoms with Gasteiger partial charge in [0, 0.05) is 5.02 Å². The van der Waals surface area contributed by atoms with Gasteiger partial charge in [-0.05, 0) is 37.3 Å². The van der Waals surface area contributed by atoms with Crippen LogP contribution >= 0.6 is 11.6 Å². The Morgan fingerprint density at radius 2 is 1.83 bits per heavy atom. The Balaban J connectivity index is 0.000000199. The first-order valence-electron chi connectivity index (χ1n) is 5.55. The molecule has 2 rings (SSSR count). The molecule has 0 heterocycles. The Morgan fingerprint density at radius 1 is 1.17 bits per heavy atom. The summed E-state index contributed by atoms with van der Waals surface area (Å²) in [5.74, 6) is 1.01. The van der Waals surface area contributed by atoms with Crippen molar-refractivity contribution < 1.29 is 9.84 Å². The van der Waals surface area contributed by atoms with Gasteiger partial charge in [0.05, 0.1) is 12.3 Å². The van der Waals surface area contributed by atoms with Crippen molar-refractivity contribution in [1.82, 2.24) is 0 Å². The zero-order valence-corrected chi connectivity index (χ0v) is 10.9. The summed E-state index contributed by atoms with van der Waals surface area (Å²) in [5.41, 5.74) is 6.18. The molecule has 0 aromatic heterocycles. The molecule has 2 aromatic carbocycles. The van der Waals surface area contributed by atoms with Gasteiger partial charge in [0.1, 0.15) is 11.5 Å². The maximum Gasteiger partial charge on any atom is 0.142 e. The maximum atomic E-state index is 8.63. The standard InChI is InChI=1S/C8H10ClNO.C6H6O/c1-2-11-8-4-3-6(9)5-7(8)10;7-6-4-2-1-3-5-6/h3-5H,2,10H2,1H3;1-5,7H. The summed E-state index contributed by atoms with van der Waals surface area (Å²) in [6, 6.07) is 13.9. The molecule has 0 saturated carbocycles. The third kappa shape index (κ3) is 4.97. The first kappa shape index (κ1) is 14.2. The van der Waals surface area contributed by atoms with Crippen LogP contribution in [0.25, 0.3) is 0 Å². The summed E-state index contributed by atoms with van der Waals surface area (Å²) in [7, 11) is 0. The molecule has 0 unspecified atom stereocenters. The number of phenols is 1. The summed E-state index contributed by atoms with van der Waals surface area (Å²) in [6.07, 6.45) is 0. The Morgan fingerprint density at radius 3 is 2.28 bits per heavy atom. The number of halogens is 1. The molecule has 4 heteroatoms. The number of hydrogen-bond acceptors (Lipinski definition) is 3. The van der Waals surface area contributed by atoms with Crippen LogP contribution in [0.3, 0.4) is 0 Å². The molecule has 0 spiro atoms. The maximum absolute atomic E-state index is 8.63. The quantitative estimate of drug-likeness (QED) is 0.814. The number of anilines is 1. The zero-order chi connectivity index (χ0) is 13.4. The van der Waals surface area contributed by atoms with Crippen LogP contribution in [-0.4, -0.2) is 11.7 Å². The lowest BCUT2D eigenvalue weighted by atomic mass is 10.3. The predicted molar refractivity (Wildman–Crippen MR) is 75.1 cm³/mol. The van der Waals surface area contributed by atoms with Gasteiger partial charge >= 0.3 is 0 Å². The van der Waals surface area contributed by atoms with Gasteiger partial charge in [0.15, 0.2) is 0 Å². The average molecular weight is 266 g/mol. The monoisotopic (exact) mass is 265 g/mol. The lowest BCUT2D eigenvalue weighted by molar-refractivity contribution is 0.342. The molecule has 0 atom stereocenters. The molecule has 0 radical (unpaired) electrons. The van der Waals surface area contributed by atoms with Crippen LogP contribution in [0.1, 0.15) is 6.92 Å². The third-order valence-corrected chi connectivity index (χ3v) is 2.26. The van der Waals surface area contributed by atoms with Gasteiger partial charge in [-0.25, -0.2) is 0 Å². The number of nitrogens with two attached hydrogens (primary N) is 1. The van der Waals surface area contributed by atoms with Crippen LogP contribution in [0.15, 0.2) is 48.5 Å². The summed E-state index contributed by atoms with van der Waals surface area (Å²) in [6.45, 7) is 2.53. The van der Waals surface area contributed by atoms with Crippen LogP contribution < -0.4 is 10.5 Å². The largest absolute Gasteiger partial charge is 0.508 e. The molecular formula is C14H16ClNO2. The van der Waals surface area contributed by atoms with Crippen LogP contribution in [-0.2, 0) is 0 Å². The molecule has 0 fully saturated rings. The van der Waals surface area contributed by atoms with E-state index in [4.69, 9.17) is 27.2 Å². The van der Waals surface area contributed by atoms with Gasteiger partial charge in [-0.1, -0.05) is 29.8 Å². The number of ether oxygens (including phenoxy) is 1. The molecule has 18 heavy (non-hydrogen) atoms. The second-order valence-corrected chi connectivity index (χ2v) is 3.89. The van der Waals surface area contributed by atoms with Crippen LogP contribution in [0.5, 0.6) is 11.5 Å². The van der Waals surface area contributed by atoms with Gasteiger partial charge in [-0.15, -0.1) is 0 Å². The first-order chi connectivity index (χ1) is 8.63. The fourth-order valence-electron chi connectivity index (χ4n) is 1.23. The van der Waals surface area contributed by atoms with E-state index in [1.807, 2.05) is 13.0 Å². The van der Waals surface area contributed by atoms with E-state index < -0.39 is 0 Å². The molecule has 0 aliphatic rings. The number of nitrogen functional groups attached to an aromatic ring is 1. The Hall–Kier alpha value is -1.87. The molecule has 2 aromatic rings. The van der Waals surface area contributed by atoms with Crippen molar-refractivity contribution in [2.75, 3.05) is 12.3 Å². The van der Waals surface area contributed by atoms with Crippen molar-refractivity contribution in [2.24, 2.45) is 0 Å². The van der Waals surface area contributed by atoms with Crippen molar-refractivity contribution in [3.05, 3.63) is 53.6 Å². The van der Waals surface area contributed by atoms with E-state index in [9.17, 15) is 0 Å². The summed E-state index contributed by atoms with van der Waals surface area (Å²) < 4.78 is 5.21. The Kier molecular flexibility index (Phi) is 5.88. The second-order valence-electron chi connectivity index (χ2n) is 3.45. The minimum atomic E-state index is 0.322. The van der Waals surface area contributed by atoms with E-state index in [2.05, 4.69) is 0 Å². The number of phenolic OH excluding ortho intramolecular Hbond substituents is 1. The van der Waals surface area contributed by atoms with E-state index in [1.165, 1.54) is 0 Å². The molecule has 0 bridgehead atoms. The number of rotatable bonds is 2. The lowest BCUT2D eigenvalue weighted by Crippen LogP contribution is -1.95. The van der Waals surface area contributed by atoms with Crippen molar-refractivity contribution in [3.8, 4) is 11.5 Å². The molecule has 0 aliphatic heterocycles. The highest BCUT2D eigenvalue weighted by Gasteiger charge is 1.98. The smallest absolute Gasteiger partial charge is 0.142 e. The van der Waals surface area contributed by atoms with E-state index in [0.29, 0.717) is 28.8 Å². The van der Waals surface area contributed by atoms with E-state index in [1.54, 1.807) is 42.5 Å². The molecule has 0 amide bonds. The predicted octanol–water partition coefficient (Wildman–Crippen LogP) is 3.71. The van der Waals surface area contributed by atoms with Crippen LogP contribution in [0.2, 0.25) is 5.02 Å². The highest BCUT2D eigenvalue weighted by molar-refractivity contribution is 6.30. The van der Waals surface area contributed by atoms with Crippen molar-refractivity contribution in [2.45, 2.75) is 6.92 Å². The SMILES string of the molecule is CCOc1ccc(Cl)cc1N.Oc1ccccc1. The molecule has 0 saturated heterocycles.